The van der Waals surface area contributed by atoms with Gasteiger partial charge in [0.1, 0.15) is 0 Å². The molecular formula is C18H22Cl2N4OS. The number of benzene rings is 1. The van der Waals surface area contributed by atoms with E-state index in [9.17, 15) is 4.79 Å². The van der Waals surface area contributed by atoms with E-state index in [4.69, 9.17) is 23.2 Å². The van der Waals surface area contributed by atoms with E-state index in [1.165, 1.54) is 11.8 Å². The molecule has 3 rings (SSSR count). The molecule has 0 bridgehead atoms. The Morgan fingerprint density at radius 2 is 2.04 bits per heavy atom. The molecule has 1 atom stereocenters. The van der Waals surface area contributed by atoms with Crippen LogP contribution in [-0.2, 0) is 11.3 Å². The fourth-order valence-electron chi connectivity index (χ4n) is 2.53. The van der Waals surface area contributed by atoms with Crippen molar-refractivity contribution >= 4 is 40.9 Å². The number of carbonyl (C=O) groups is 1. The van der Waals surface area contributed by atoms with Gasteiger partial charge in [-0.3, -0.25) is 4.79 Å². The lowest BCUT2D eigenvalue weighted by molar-refractivity contribution is -0.120. The second kappa shape index (κ2) is 8.19. The topological polar surface area (TPSA) is 59.8 Å². The number of nitrogens with one attached hydrogen (secondary N) is 1. The van der Waals surface area contributed by atoms with Crippen LogP contribution in [0.2, 0.25) is 10.0 Å². The van der Waals surface area contributed by atoms with Gasteiger partial charge in [-0.1, -0.05) is 48.8 Å². The van der Waals surface area contributed by atoms with E-state index in [0.717, 1.165) is 30.1 Å². The Balaban J connectivity index is 1.87. The van der Waals surface area contributed by atoms with Gasteiger partial charge in [-0.05, 0) is 43.9 Å². The highest BCUT2D eigenvalue weighted by atomic mass is 35.5. The number of nitrogens with zero attached hydrogens (tertiary/aromatic N) is 3. The monoisotopic (exact) mass is 412 g/mol. The first-order valence-electron chi connectivity index (χ1n) is 8.70. The normalized spacial score (nSPS) is 15.3. The van der Waals surface area contributed by atoms with Crippen LogP contribution >= 0.6 is 35.0 Å². The van der Waals surface area contributed by atoms with Crippen LogP contribution in [0.4, 0.5) is 0 Å². The van der Waals surface area contributed by atoms with Gasteiger partial charge in [0, 0.05) is 23.2 Å². The summed E-state index contributed by atoms with van der Waals surface area (Å²) < 4.78 is 2.03. The number of hydrogen-bond acceptors (Lipinski definition) is 4. The maximum Gasteiger partial charge on any atom is 0.233 e. The van der Waals surface area contributed by atoms with Crippen molar-refractivity contribution in [1.29, 1.82) is 0 Å². The maximum absolute atomic E-state index is 12.3. The molecule has 8 heteroatoms. The molecule has 1 aliphatic rings. The van der Waals surface area contributed by atoms with Crippen molar-refractivity contribution in [1.82, 2.24) is 20.1 Å². The molecule has 1 fully saturated rings. The van der Waals surface area contributed by atoms with Crippen molar-refractivity contribution in [3.8, 4) is 11.4 Å². The van der Waals surface area contributed by atoms with Gasteiger partial charge >= 0.3 is 0 Å². The second-order valence-electron chi connectivity index (χ2n) is 6.98. The standard InChI is InChI=1S/C18H22Cl2N4OS/c1-10(2)9-24-16(14-7-4-12(19)8-15(14)20)22-23-18(24)26-11(3)17(25)21-13-5-6-13/h4,7-8,10-11,13H,5-6,9H2,1-3H3,(H,21,25). The van der Waals surface area contributed by atoms with Crippen LogP contribution in [-0.4, -0.2) is 32.0 Å². The lowest BCUT2D eigenvalue weighted by Crippen LogP contribution is -2.32. The van der Waals surface area contributed by atoms with Crippen molar-refractivity contribution in [3.63, 3.8) is 0 Å². The lowest BCUT2D eigenvalue weighted by Gasteiger charge is -2.15. The van der Waals surface area contributed by atoms with Gasteiger partial charge in [0.25, 0.3) is 0 Å². The predicted octanol–water partition coefficient (Wildman–Crippen LogP) is 4.67. The molecule has 0 radical (unpaired) electrons. The smallest absolute Gasteiger partial charge is 0.233 e. The largest absolute Gasteiger partial charge is 0.352 e. The Hall–Kier alpha value is -1.24. The molecular weight excluding hydrogens is 391 g/mol. The zero-order valence-electron chi connectivity index (χ0n) is 15.0. The third-order valence-corrected chi connectivity index (χ3v) is 5.64. The summed E-state index contributed by atoms with van der Waals surface area (Å²) in [5, 5.41) is 13.3. The lowest BCUT2D eigenvalue weighted by atomic mass is 10.2. The van der Waals surface area contributed by atoms with Gasteiger partial charge in [0.2, 0.25) is 5.91 Å². The molecule has 2 aromatic rings. The van der Waals surface area contributed by atoms with Gasteiger partial charge < -0.3 is 9.88 Å². The highest BCUT2D eigenvalue weighted by Gasteiger charge is 2.27. The van der Waals surface area contributed by atoms with E-state index in [-0.39, 0.29) is 11.2 Å². The van der Waals surface area contributed by atoms with Gasteiger partial charge in [0.05, 0.1) is 10.3 Å². The minimum Gasteiger partial charge on any atom is -0.352 e. The van der Waals surface area contributed by atoms with Crippen LogP contribution in [0, 0.1) is 5.92 Å². The average molecular weight is 413 g/mol. The first-order valence-corrected chi connectivity index (χ1v) is 10.3. The molecule has 1 aliphatic carbocycles. The molecule has 0 aliphatic heterocycles. The minimum atomic E-state index is -0.237. The zero-order chi connectivity index (χ0) is 18.8. The third-order valence-electron chi connectivity index (χ3n) is 4.01. The van der Waals surface area contributed by atoms with E-state index in [1.54, 1.807) is 12.1 Å². The van der Waals surface area contributed by atoms with E-state index in [0.29, 0.717) is 27.8 Å². The first-order chi connectivity index (χ1) is 12.3. The third kappa shape index (κ3) is 4.72. The number of rotatable bonds is 7. The molecule has 1 aromatic carbocycles. The van der Waals surface area contributed by atoms with Crippen LogP contribution < -0.4 is 5.32 Å². The van der Waals surface area contributed by atoms with E-state index >= 15 is 0 Å². The molecule has 1 amide bonds. The molecule has 1 unspecified atom stereocenters. The maximum atomic E-state index is 12.3. The Kier molecular flexibility index (Phi) is 6.15. The predicted molar refractivity (Wildman–Crippen MR) is 107 cm³/mol. The molecule has 1 heterocycles. The van der Waals surface area contributed by atoms with Crippen LogP contribution in [0.25, 0.3) is 11.4 Å². The first kappa shape index (κ1) is 19.5. The molecule has 1 N–H and O–H groups in total. The summed E-state index contributed by atoms with van der Waals surface area (Å²) in [6.45, 7) is 6.89. The average Bonchev–Trinajstić information content (AvgIpc) is 3.30. The number of hydrogen-bond donors (Lipinski definition) is 1. The molecule has 140 valence electrons. The summed E-state index contributed by atoms with van der Waals surface area (Å²) >= 11 is 13.8. The quantitative estimate of drug-likeness (QED) is 0.671. The molecule has 1 aromatic heterocycles. The van der Waals surface area contributed by atoms with Crippen LogP contribution in [0.1, 0.15) is 33.6 Å². The van der Waals surface area contributed by atoms with E-state index in [2.05, 4.69) is 29.4 Å². The summed E-state index contributed by atoms with van der Waals surface area (Å²) in [7, 11) is 0. The minimum absolute atomic E-state index is 0.0441. The summed E-state index contributed by atoms with van der Waals surface area (Å²) in [6, 6.07) is 5.69. The van der Waals surface area contributed by atoms with Gasteiger partial charge in [-0.2, -0.15) is 0 Å². The van der Waals surface area contributed by atoms with Crippen LogP contribution in [0.3, 0.4) is 0 Å². The fourth-order valence-corrected chi connectivity index (χ4v) is 3.89. The van der Waals surface area contributed by atoms with Gasteiger partial charge in [-0.25, -0.2) is 0 Å². The summed E-state index contributed by atoms with van der Waals surface area (Å²) in [6.07, 6.45) is 2.15. The molecule has 0 spiro atoms. The SMILES string of the molecule is CC(C)Cn1c(SC(C)C(=O)NC2CC2)nnc1-c1ccc(Cl)cc1Cl. The van der Waals surface area contributed by atoms with E-state index < -0.39 is 0 Å². The van der Waals surface area contributed by atoms with Gasteiger partial charge in [0.15, 0.2) is 11.0 Å². The highest BCUT2D eigenvalue weighted by Crippen LogP contribution is 2.33. The Morgan fingerprint density at radius 3 is 2.65 bits per heavy atom. The van der Waals surface area contributed by atoms with Crippen LogP contribution in [0.15, 0.2) is 23.4 Å². The van der Waals surface area contributed by atoms with E-state index in [1.807, 2.05) is 17.6 Å². The zero-order valence-corrected chi connectivity index (χ0v) is 17.3. The number of thioether (sulfide) groups is 1. The molecule has 0 saturated heterocycles. The van der Waals surface area contributed by atoms with Gasteiger partial charge in [-0.15, -0.1) is 10.2 Å². The number of carbonyl (C=O) groups excluding carboxylic acids is 1. The second-order valence-corrected chi connectivity index (χ2v) is 9.13. The number of amides is 1. The fraction of sp³-hybridized carbons (Fsp3) is 0.500. The van der Waals surface area contributed by atoms with Crippen molar-refractivity contribution in [2.24, 2.45) is 5.92 Å². The van der Waals surface area contributed by atoms with Crippen molar-refractivity contribution < 1.29 is 4.79 Å². The highest BCUT2D eigenvalue weighted by molar-refractivity contribution is 8.00. The summed E-state index contributed by atoms with van der Waals surface area (Å²) in [4.78, 5) is 12.3. The number of aromatic nitrogens is 3. The van der Waals surface area contributed by atoms with Crippen LogP contribution in [0.5, 0.6) is 0 Å². The Labute approximate surface area is 167 Å². The number of halogens is 2. The van der Waals surface area contributed by atoms with Crippen molar-refractivity contribution in [3.05, 3.63) is 28.2 Å². The molecule has 5 nitrogen and oxygen atoms in total. The molecule has 26 heavy (non-hydrogen) atoms. The summed E-state index contributed by atoms with van der Waals surface area (Å²) in [5.41, 5.74) is 0.783. The Morgan fingerprint density at radius 1 is 1.31 bits per heavy atom. The Bertz CT molecular complexity index is 804. The van der Waals surface area contributed by atoms with Crippen molar-refractivity contribution in [2.45, 2.75) is 56.6 Å². The molecule has 1 saturated carbocycles. The van der Waals surface area contributed by atoms with Crippen molar-refractivity contribution in [2.75, 3.05) is 0 Å². The summed E-state index contributed by atoms with van der Waals surface area (Å²) in [5.74, 6) is 1.13.